The van der Waals surface area contributed by atoms with Crippen molar-refractivity contribution in [1.82, 2.24) is 19.6 Å². The molecule has 1 saturated heterocycles. The summed E-state index contributed by atoms with van der Waals surface area (Å²) in [6.07, 6.45) is 8.52. The highest BCUT2D eigenvalue weighted by Crippen LogP contribution is 2.41. The summed E-state index contributed by atoms with van der Waals surface area (Å²) in [5.41, 5.74) is 1.72. The molecule has 2 aliphatic rings. The van der Waals surface area contributed by atoms with E-state index >= 15 is 0 Å². The Labute approximate surface area is 124 Å². The minimum Gasteiger partial charge on any atom is -0.254 e. The lowest BCUT2D eigenvalue weighted by Gasteiger charge is -2.49. The molecule has 112 valence electrons. The van der Waals surface area contributed by atoms with Crippen LogP contribution < -0.4 is 5.17 Å². The second-order valence-electron chi connectivity index (χ2n) is 7.22. The largest absolute Gasteiger partial charge is 0.254 e. The van der Waals surface area contributed by atoms with Crippen molar-refractivity contribution in [3.63, 3.8) is 0 Å². The van der Waals surface area contributed by atoms with Gasteiger partial charge in [-0.15, -0.1) is 0 Å². The summed E-state index contributed by atoms with van der Waals surface area (Å²) in [6, 6.07) is 0. The maximum atomic E-state index is 5.74. The van der Waals surface area contributed by atoms with Gasteiger partial charge < -0.3 is 0 Å². The van der Waals surface area contributed by atoms with Crippen molar-refractivity contribution in [3.8, 4) is 0 Å². The van der Waals surface area contributed by atoms with Crippen LogP contribution in [0.5, 0.6) is 0 Å². The zero-order chi connectivity index (χ0) is 14.7. The molecule has 0 amide bonds. The van der Waals surface area contributed by atoms with E-state index in [2.05, 4.69) is 30.7 Å². The van der Waals surface area contributed by atoms with Crippen molar-refractivity contribution in [2.75, 3.05) is 11.8 Å². The molecule has 6 nitrogen and oxygen atoms in total. The first-order valence-electron chi connectivity index (χ1n) is 7.64. The molecular weight excluding hydrogens is 266 g/mol. The zero-order valence-electron chi connectivity index (χ0n) is 12.8. The fourth-order valence-electron chi connectivity index (χ4n) is 3.26. The van der Waals surface area contributed by atoms with Crippen molar-refractivity contribution in [1.29, 1.82) is 0 Å². The molecule has 0 radical (unpaired) electrons. The number of hydroxylamine groups is 1. The highest BCUT2D eigenvalue weighted by molar-refractivity contribution is 5.70. The Morgan fingerprint density at radius 2 is 1.95 bits per heavy atom. The summed E-state index contributed by atoms with van der Waals surface area (Å²) in [5, 5.41) is 1.98. The van der Waals surface area contributed by atoms with Crippen LogP contribution in [0.2, 0.25) is 0 Å². The summed E-state index contributed by atoms with van der Waals surface area (Å²) in [4.78, 5) is 19.3. The number of aromatic nitrogens is 4. The average Bonchev–Trinajstić information content (AvgIpc) is 3.04. The minimum atomic E-state index is -0.0792. The van der Waals surface area contributed by atoms with E-state index in [0.29, 0.717) is 0 Å². The van der Waals surface area contributed by atoms with E-state index < -0.39 is 0 Å². The quantitative estimate of drug-likeness (QED) is 0.805. The molecule has 1 saturated carbocycles. The Morgan fingerprint density at radius 3 is 2.57 bits per heavy atom. The Kier molecular flexibility index (Phi) is 2.58. The van der Waals surface area contributed by atoms with Gasteiger partial charge in [0, 0.05) is 5.41 Å². The topological polar surface area (TPSA) is 56.1 Å². The number of fused-ring (bicyclic) bond motifs is 1. The molecule has 21 heavy (non-hydrogen) atoms. The van der Waals surface area contributed by atoms with E-state index in [1.54, 1.807) is 12.5 Å². The van der Waals surface area contributed by atoms with Crippen LogP contribution in [-0.2, 0) is 10.3 Å². The van der Waals surface area contributed by atoms with Crippen LogP contribution in [0, 0.1) is 0 Å². The van der Waals surface area contributed by atoms with Crippen LogP contribution in [0.3, 0.4) is 0 Å². The van der Waals surface area contributed by atoms with Gasteiger partial charge in [-0.1, -0.05) is 33.6 Å². The summed E-state index contributed by atoms with van der Waals surface area (Å²) >= 11 is 0. The van der Waals surface area contributed by atoms with Gasteiger partial charge in [0.05, 0.1) is 6.20 Å². The highest BCUT2D eigenvalue weighted by atomic mass is 16.8. The molecule has 1 spiro atoms. The fraction of sp³-hybridized carbons (Fsp3) is 0.667. The molecule has 1 aliphatic heterocycles. The van der Waals surface area contributed by atoms with Crippen molar-refractivity contribution < 1.29 is 4.84 Å². The predicted octanol–water partition coefficient (Wildman–Crippen LogP) is 2.32. The molecule has 2 aromatic rings. The van der Waals surface area contributed by atoms with Crippen LogP contribution in [0.25, 0.3) is 11.2 Å². The number of imidazole rings is 1. The molecule has 1 aliphatic carbocycles. The summed E-state index contributed by atoms with van der Waals surface area (Å²) in [5.74, 6) is 0.831. The molecule has 6 heteroatoms. The maximum absolute atomic E-state index is 5.74. The molecule has 0 aromatic carbocycles. The first-order chi connectivity index (χ1) is 10.00. The number of nitrogens with zero attached hydrogens (tertiary/aromatic N) is 5. The van der Waals surface area contributed by atoms with Gasteiger partial charge in [0.1, 0.15) is 29.8 Å². The summed E-state index contributed by atoms with van der Waals surface area (Å²) < 4.78 is 1.96. The lowest BCUT2D eigenvalue weighted by Crippen LogP contribution is -2.65. The van der Waals surface area contributed by atoms with Gasteiger partial charge in [0.25, 0.3) is 0 Å². The summed E-state index contributed by atoms with van der Waals surface area (Å²) in [7, 11) is 0. The SMILES string of the molecule is CC(C)(C)c1ncc2ncn(N3OCC34CCCC4)c2n1. The first kappa shape index (κ1) is 13.0. The lowest BCUT2D eigenvalue weighted by molar-refractivity contribution is -0.128. The van der Waals surface area contributed by atoms with Crippen LogP contribution in [0.4, 0.5) is 0 Å². The predicted molar refractivity (Wildman–Crippen MR) is 79.4 cm³/mol. The second-order valence-corrected chi connectivity index (χ2v) is 7.22. The fourth-order valence-corrected chi connectivity index (χ4v) is 3.26. The van der Waals surface area contributed by atoms with Gasteiger partial charge in [-0.2, -0.15) is 5.17 Å². The third-order valence-corrected chi connectivity index (χ3v) is 4.54. The van der Waals surface area contributed by atoms with Crippen LogP contribution in [0.15, 0.2) is 12.5 Å². The second kappa shape index (κ2) is 4.16. The Bertz CT molecular complexity index is 681. The highest BCUT2D eigenvalue weighted by Gasteiger charge is 2.50. The van der Waals surface area contributed by atoms with Gasteiger partial charge in [-0.25, -0.2) is 19.6 Å². The summed E-state index contributed by atoms with van der Waals surface area (Å²) in [6.45, 7) is 7.16. The monoisotopic (exact) mass is 287 g/mol. The van der Waals surface area contributed by atoms with Crippen molar-refractivity contribution in [3.05, 3.63) is 18.3 Å². The van der Waals surface area contributed by atoms with E-state index in [1.807, 2.05) is 9.85 Å². The number of hydrogen-bond acceptors (Lipinski definition) is 5. The molecule has 0 atom stereocenters. The van der Waals surface area contributed by atoms with Gasteiger partial charge >= 0.3 is 0 Å². The van der Waals surface area contributed by atoms with Crippen molar-refractivity contribution in [2.24, 2.45) is 0 Å². The van der Waals surface area contributed by atoms with Gasteiger partial charge in [0.2, 0.25) is 0 Å². The lowest BCUT2D eigenvalue weighted by atomic mass is 9.96. The van der Waals surface area contributed by atoms with Crippen LogP contribution in [-0.4, -0.2) is 31.8 Å². The van der Waals surface area contributed by atoms with Crippen molar-refractivity contribution >= 4 is 11.2 Å². The number of hydrogen-bond donors (Lipinski definition) is 0. The third kappa shape index (κ3) is 1.85. The minimum absolute atomic E-state index is 0.0792. The zero-order valence-corrected chi connectivity index (χ0v) is 12.8. The molecule has 3 heterocycles. The van der Waals surface area contributed by atoms with Gasteiger partial charge in [-0.05, 0) is 12.8 Å². The van der Waals surface area contributed by atoms with Crippen molar-refractivity contribution in [2.45, 2.75) is 57.4 Å². The first-order valence-corrected chi connectivity index (χ1v) is 7.64. The smallest absolute Gasteiger partial charge is 0.184 e. The van der Waals surface area contributed by atoms with E-state index in [-0.39, 0.29) is 11.0 Å². The molecule has 0 bridgehead atoms. The average molecular weight is 287 g/mol. The van der Waals surface area contributed by atoms with E-state index in [9.17, 15) is 0 Å². The molecular formula is C15H21N5O. The molecule has 0 unspecified atom stereocenters. The standard InChI is InChI=1S/C15H21N5O/c1-14(2,3)13-16-8-11-12(18-13)19(10-17-11)20-15(9-21-20)6-4-5-7-15/h8,10H,4-7,9H2,1-3H3. The Hall–Kier alpha value is -1.69. The van der Waals surface area contributed by atoms with E-state index in [0.717, 1.165) is 23.6 Å². The Morgan fingerprint density at radius 1 is 1.19 bits per heavy atom. The number of rotatable bonds is 1. The van der Waals surface area contributed by atoms with Gasteiger partial charge in [-0.3, -0.25) is 4.84 Å². The van der Waals surface area contributed by atoms with Crippen LogP contribution in [0.1, 0.15) is 52.3 Å². The normalized spacial score (nSPS) is 21.2. The van der Waals surface area contributed by atoms with Crippen LogP contribution >= 0.6 is 0 Å². The Balaban J connectivity index is 1.79. The van der Waals surface area contributed by atoms with E-state index in [1.165, 1.54) is 25.7 Å². The maximum Gasteiger partial charge on any atom is 0.184 e. The molecule has 2 aromatic heterocycles. The molecule has 4 rings (SSSR count). The van der Waals surface area contributed by atoms with E-state index in [4.69, 9.17) is 9.82 Å². The molecule has 2 fully saturated rings. The molecule has 0 N–H and O–H groups in total. The third-order valence-electron chi connectivity index (χ3n) is 4.54. The van der Waals surface area contributed by atoms with Gasteiger partial charge in [0.15, 0.2) is 5.65 Å².